The summed E-state index contributed by atoms with van der Waals surface area (Å²) in [5.74, 6) is 0.965. The molecule has 1 atom stereocenters. The molecule has 0 aliphatic heterocycles. The standard InChI is InChI=1S/C11H17N3O3S2/c1-7(15)13-11-14-8(6-19-11)5-18-4-3-9(12)10(16)17-2/h6,9H,3-5,12H2,1-2H3,(H,13,14,15). The molecule has 0 fully saturated rings. The number of nitrogens with zero attached hydrogens (tertiary/aromatic N) is 1. The van der Waals surface area contributed by atoms with Crippen LogP contribution in [-0.4, -0.2) is 35.8 Å². The van der Waals surface area contributed by atoms with Gasteiger partial charge in [0.05, 0.1) is 12.8 Å². The lowest BCUT2D eigenvalue weighted by molar-refractivity contribution is -0.142. The summed E-state index contributed by atoms with van der Waals surface area (Å²) in [5, 5.41) is 5.14. The minimum absolute atomic E-state index is 0.127. The number of carbonyl (C=O) groups is 2. The van der Waals surface area contributed by atoms with E-state index in [0.717, 1.165) is 17.2 Å². The van der Waals surface area contributed by atoms with Crippen molar-refractivity contribution in [1.29, 1.82) is 0 Å². The predicted octanol–water partition coefficient (Wildman–Crippen LogP) is 1.23. The van der Waals surface area contributed by atoms with Crippen molar-refractivity contribution in [2.75, 3.05) is 18.2 Å². The number of hydrogen-bond donors (Lipinski definition) is 2. The molecule has 0 aliphatic carbocycles. The Hall–Kier alpha value is -1.12. The van der Waals surface area contributed by atoms with Crippen LogP contribution in [0, 0.1) is 0 Å². The molecule has 0 radical (unpaired) electrons. The van der Waals surface area contributed by atoms with Gasteiger partial charge in [-0.2, -0.15) is 11.8 Å². The van der Waals surface area contributed by atoms with Crippen molar-refractivity contribution in [3.63, 3.8) is 0 Å². The third kappa shape index (κ3) is 6.04. The van der Waals surface area contributed by atoms with Gasteiger partial charge in [-0.1, -0.05) is 0 Å². The topological polar surface area (TPSA) is 94.3 Å². The van der Waals surface area contributed by atoms with Gasteiger partial charge in [0.15, 0.2) is 5.13 Å². The van der Waals surface area contributed by atoms with Crippen LogP contribution in [0.3, 0.4) is 0 Å². The molecule has 1 amide bonds. The van der Waals surface area contributed by atoms with E-state index in [-0.39, 0.29) is 11.9 Å². The minimum atomic E-state index is -0.567. The number of amides is 1. The highest BCUT2D eigenvalue weighted by molar-refractivity contribution is 7.98. The Morgan fingerprint density at radius 2 is 2.37 bits per heavy atom. The zero-order valence-electron chi connectivity index (χ0n) is 10.8. The summed E-state index contributed by atoms with van der Waals surface area (Å²) in [6.07, 6.45) is 0.569. The van der Waals surface area contributed by atoms with E-state index in [1.807, 2.05) is 5.38 Å². The number of carbonyl (C=O) groups excluding carboxylic acids is 2. The van der Waals surface area contributed by atoms with E-state index in [0.29, 0.717) is 11.6 Å². The van der Waals surface area contributed by atoms with Crippen molar-refractivity contribution >= 4 is 40.1 Å². The Labute approximate surface area is 120 Å². The molecule has 0 aromatic carbocycles. The molecule has 1 aromatic rings. The van der Waals surface area contributed by atoms with Crippen LogP contribution in [0.4, 0.5) is 5.13 Å². The number of thiazole rings is 1. The normalized spacial score (nSPS) is 11.9. The zero-order chi connectivity index (χ0) is 14.3. The molecule has 1 rings (SSSR count). The van der Waals surface area contributed by atoms with E-state index in [4.69, 9.17) is 5.73 Å². The maximum absolute atomic E-state index is 11.1. The highest BCUT2D eigenvalue weighted by Crippen LogP contribution is 2.20. The second kappa shape index (κ2) is 8.13. The number of hydrogen-bond acceptors (Lipinski definition) is 7. The number of rotatable bonds is 7. The molecule has 6 nitrogen and oxygen atoms in total. The Morgan fingerprint density at radius 1 is 1.63 bits per heavy atom. The van der Waals surface area contributed by atoms with E-state index in [1.165, 1.54) is 25.4 Å². The van der Waals surface area contributed by atoms with Gasteiger partial charge in [-0.15, -0.1) is 11.3 Å². The molecule has 8 heteroatoms. The molecule has 19 heavy (non-hydrogen) atoms. The number of thioether (sulfide) groups is 1. The number of aromatic nitrogens is 1. The van der Waals surface area contributed by atoms with Crippen molar-refractivity contribution in [1.82, 2.24) is 4.98 Å². The van der Waals surface area contributed by atoms with Crippen LogP contribution >= 0.6 is 23.1 Å². The predicted molar refractivity (Wildman–Crippen MR) is 77.2 cm³/mol. The maximum Gasteiger partial charge on any atom is 0.322 e. The smallest absolute Gasteiger partial charge is 0.322 e. The number of ether oxygens (including phenoxy) is 1. The van der Waals surface area contributed by atoms with Gasteiger partial charge in [-0.3, -0.25) is 9.59 Å². The van der Waals surface area contributed by atoms with Crippen LogP contribution in [0.1, 0.15) is 19.0 Å². The molecule has 0 bridgehead atoms. The summed E-state index contributed by atoms with van der Waals surface area (Å²) in [4.78, 5) is 26.2. The summed E-state index contributed by atoms with van der Waals surface area (Å²) in [6, 6.07) is -0.567. The lowest BCUT2D eigenvalue weighted by atomic mass is 10.2. The van der Waals surface area contributed by atoms with Gasteiger partial charge >= 0.3 is 5.97 Å². The molecular formula is C11H17N3O3S2. The van der Waals surface area contributed by atoms with Gasteiger partial charge in [-0.25, -0.2) is 4.98 Å². The van der Waals surface area contributed by atoms with E-state index in [9.17, 15) is 9.59 Å². The van der Waals surface area contributed by atoms with Gasteiger partial charge < -0.3 is 15.8 Å². The molecule has 1 unspecified atom stereocenters. The Balaban J connectivity index is 2.24. The van der Waals surface area contributed by atoms with Crippen molar-refractivity contribution in [3.8, 4) is 0 Å². The van der Waals surface area contributed by atoms with Crippen molar-refractivity contribution in [3.05, 3.63) is 11.1 Å². The van der Waals surface area contributed by atoms with Crippen LogP contribution in [0.15, 0.2) is 5.38 Å². The molecule has 1 heterocycles. The molecular weight excluding hydrogens is 286 g/mol. The largest absolute Gasteiger partial charge is 0.468 e. The number of nitrogens with two attached hydrogens (primary N) is 1. The first kappa shape index (κ1) is 15.9. The number of methoxy groups -OCH3 is 1. The number of anilines is 1. The highest BCUT2D eigenvalue weighted by Gasteiger charge is 2.13. The molecule has 106 valence electrons. The average Bonchev–Trinajstić information content (AvgIpc) is 2.80. The lowest BCUT2D eigenvalue weighted by Crippen LogP contribution is -2.31. The number of esters is 1. The molecule has 0 spiro atoms. The summed E-state index contributed by atoms with van der Waals surface area (Å²) >= 11 is 3.03. The van der Waals surface area contributed by atoms with Crippen LogP contribution in [-0.2, 0) is 20.1 Å². The van der Waals surface area contributed by atoms with Gasteiger partial charge in [0, 0.05) is 18.1 Å². The molecule has 0 aliphatic rings. The van der Waals surface area contributed by atoms with Gasteiger partial charge in [0.2, 0.25) is 5.91 Å². The lowest BCUT2D eigenvalue weighted by Gasteiger charge is -2.07. The monoisotopic (exact) mass is 303 g/mol. The molecule has 3 N–H and O–H groups in total. The fraction of sp³-hybridized carbons (Fsp3) is 0.545. The van der Waals surface area contributed by atoms with Gasteiger partial charge in [-0.05, 0) is 12.2 Å². The highest BCUT2D eigenvalue weighted by atomic mass is 32.2. The maximum atomic E-state index is 11.1. The Morgan fingerprint density at radius 3 is 3.00 bits per heavy atom. The minimum Gasteiger partial charge on any atom is -0.468 e. The fourth-order valence-electron chi connectivity index (χ4n) is 1.24. The van der Waals surface area contributed by atoms with Crippen LogP contribution < -0.4 is 11.1 Å². The van der Waals surface area contributed by atoms with Gasteiger partial charge in [0.25, 0.3) is 0 Å². The summed E-state index contributed by atoms with van der Waals surface area (Å²) in [7, 11) is 1.33. The van der Waals surface area contributed by atoms with Crippen molar-refractivity contribution < 1.29 is 14.3 Å². The Kier molecular flexibility index (Phi) is 6.82. The molecule has 1 aromatic heterocycles. The summed E-state index contributed by atoms with van der Waals surface area (Å²) in [5.41, 5.74) is 6.52. The quantitative estimate of drug-likeness (QED) is 0.581. The first-order chi connectivity index (χ1) is 9.02. The second-order valence-electron chi connectivity index (χ2n) is 3.80. The first-order valence-electron chi connectivity index (χ1n) is 5.66. The number of nitrogens with one attached hydrogen (secondary N) is 1. The SMILES string of the molecule is COC(=O)C(N)CCSCc1csc(NC(C)=O)n1. The fourth-order valence-corrected chi connectivity index (χ4v) is 3.02. The van der Waals surface area contributed by atoms with E-state index >= 15 is 0 Å². The summed E-state index contributed by atoms with van der Waals surface area (Å²) < 4.78 is 4.54. The van der Waals surface area contributed by atoms with Crippen LogP contribution in [0.5, 0.6) is 0 Å². The van der Waals surface area contributed by atoms with Crippen LogP contribution in [0.25, 0.3) is 0 Å². The van der Waals surface area contributed by atoms with E-state index in [1.54, 1.807) is 11.8 Å². The van der Waals surface area contributed by atoms with Crippen molar-refractivity contribution in [2.45, 2.75) is 25.1 Å². The van der Waals surface area contributed by atoms with Gasteiger partial charge in [0.1, 0.15) is 6.04 Å². The Bertz CT molecular complexity index is 437. The second-order valence-corrected chi connectivity index (χ2v) is 5.76. The summed E-state index contributed by atoms with van der Waals surface area (Å²) in [6.45, 7) is 1.45. The molecule has 0 saturated carbocycles. The molecule has 0 saturated heterocycles. The first-order valence-corrected chi connectivity index (χ1v) is 7.69. The average molecular weight is 303 g/mol. The third-order valence-corrected chi connectivity index (χ3v) is 3.99. The van der Waals surface area contributed by atoms with E-state index < -0.39 is 6.04 Å². The van der Waals surface area contributed by atoms with Crippen LogP contribution in [0.2, 0.25) is 0 Å². The zero-order valence-corrected chi connectivity index (χ0v) is 12.5. The third-order valence-electron chi connectivity index (χ3n) is 2.16. The van der Waals surface area contributed by atoms with Crippen molar-refractivity contribution in [2.24, 2.45) is 5.73 Å². The van der Waals surface area contributed by atoms with E-state index in [2.05, 4.69) is 15.0 Å².